The third-order valence-corrected chi connectivity index (χ3v) is 4.29. The van der Waals surface area contributed by atoms with Crippen LogP contribution in [0.4, 0.5) is 0 Å². The van der Waals surface area contributed by atoms with Crippen LogP contribution in [0, 0.1) is 0 Å². The van der Waals surface area contributed by atoms with Gasteiger partial charge in [0.2, 0.25) is 0 Å². The Bertz CT molecular complexity index is 754. The molecule has 1 aromatic carbocycles. The van der Waals surface area contributed by atoms with Gasteiger partial charge in [-0.15, -0.1) is 0 Å². The summed E-state index contributed by atoms with van der Waals surface area (Å²) in [5.74, 6) is 2.94. The summed E-state index contributed by atoms with van der Waals surface area (Å²) >= 11 is 2.94. The van der Waals surface area contributed by atoms with E-state index in [2.05, 4.69) is 69.8 Å². The molecule has 0 aliphatic heterocycles. The Hall–Kier alpha value is -1.74. The lowest BCUT2D eigenvalue weighted by Gasteiger charge is -2.23. The second-order valence-electron chi connectivity index (χ2n) is 5.72. The maximum absolute atomic E-state index is 6.14. The highest BCUT2D eigenvalue weighted by molar-refractivity contribution is 9.08. The van der Waals surface area contributed by atoms with E-state index in [0.717, 1.165) is 30.6 Å². The number of alkyl halides is 1. The van der Waals surface area contributed by atoms with Gasteiger partial charge in [0.25, 0.3) is 0 Å². The van der Waals surface area contributed by atoms with Crippen LogP contribution in [0.3, 0.4) is 0 Å². The number of benzene rings is 1. The van der Waals surface area contributed by atoms with Gasteiger partial charge in [-0.05, 0) is 49.7 Å². The van der Waals surface area contributed by atoms with Gasteiger partial charge in [0.15, 0.2) is 0 Å². The molecule has 0 fully saturated rings. The van der Waals surface area contributed by atoms with Gasteiger partial charge in [0, 0.05) is 16.6 Å². The standard InChI is InChI=1S/C19H19NO.CH3Br/c1-2-4-9-14(8-3-1)20-17-12-7-11-16-15-10-5-6-13-18(15)21-19(16)17;1-2/h1,3-6,8-10,13,17,20H,2,7,11-12H2;1H3. The monoisotopic (exact) mass is 371 g/mol. The summed E-state index contributed by atoms with van der Waals surface area (Å²) in [6.07, 6.45) is 15.2. The fourth-order valence-electron chi connectivity index (χ4n) is 3.29. The van der Waals surface area contributed by atoms with Gasteiger partial charge in [-0.1, -0.05) is 52.4 Å². The summed E-state index contributed by atoms with van der Waals surface area (Å²) in [6, 6.07) is 8.66. The van der Waals surface area contributed by atoms with Crippen LogP contribution in [0.2, 0.25) is 0 Å². The molecule has 2 aliphatic carbocycles. The summed E-state index contributed by atoms with van der Waals surface area (Å²) in [7, 11) is 0. The Morgan fingerprint density at radius 1 is 1.17 bits per heavy atom. The third-order valence-electron chi connectivity index (χ3n) is 4.29. The van der Waals surface area contributed by atoms with E-state index in [4.69, 9.17) is 4.42 Å². The van der Waals surface area contributed by atoms with E-state index in [1.807, 2.05) is 11.9 Å². The van der Waals surface area contributed by atoms with Gasteiger partial charge in [-0.3, -0.25) is 0 Å². The van der Waals surface area contributed by atoms with Crippen LogP contribution in [0.5, 0.6) is 0 Å². The number of hydrogen-bond acceptors (Lipinski definition) is 2. The summed E-state index contributed by atoms with van der Waals surface area (Å²) in [6.45, 7) is 0. The van der Waals surface area contributed by atoms with Crippen LogP contribution in [-0.4, -0.2) is 5.83 Å². The molecule has 1 atom stereocenters. The lowest BCUT2D eigenvalue weighted by Crippen LogP contribution is -2.23. The van der Waals surface area contributed by atoms with Crippen molar-refractivity contribution in [2.24, 2.45) is 0 Å². The second kappa shape index (κ2) is 7.69. The molecule has 0 spiro atoms. The second-order valence-corrected chi connectivity index (χ2v) is 5.72. The Morgan fingerprint density at radius 2 is 2.04 bits per heavy atom. The van der Waals surface area contributed by atoms with E-state index in [9.17, 15) is 0 Å². The first-order valence-corrected chi connectivity index (χ1v) is 9.68. The molecular formula is C20H22BrNO. The molecular weight excluding hydrogens is 350 g/mol. The Kier molecular flexibility index (Phi) is 5.39. The molecule has 0 saturated carbocycles. The maximum atomic E-state index is 6.14. The zero-order chi connectivity index (χ0) is 16.1. The Balaban J connectivity index is 0.000000753. The fourth-order valence-corrected chi connectivity index (χ4v) is 3.29. The lowest BCUT2D eigenvalue weighted by atomic mass is 9.92. The van der Waals surface area contributed by atoms with Crippen LogP contribution in [0.15, 0.2) is 64.8 Å². The highest BCUT2D eigenvalue weighted by Gasteiger charge is 2.26. The first-order valence-electron chi connectivity index (χ1n) is 8.10. The van der Waals surface area contributed by atoms with Crippen LogP contribution in [0.25, 0.3) is 11.0 Å². The number of halogens is 1. The lowest BCUT2D eigenvalue weighted by molar-refractivity contribution is 0.404. The molecule has 23 heavy (non-hydrogen) atoms. The van der Waals surface area contributed by atoms with E-state index in [0.29, 0.717) is 0 Å². The zero-order valence-electron chi connectivity index (χ0n) is 13.4. The van der Waals surface area contributed by atoms with Crippen LogP contribution in [-0.2, 0) is 6.42 Å². The minimum Gasteiger partial charge on any atom is -0.459 e. The van der Waals surface area contributed by atoms with Crippen molar-refractivity contribution in [1.82, 2.24) is 5.32 Å². The topological polar surface area (TPSA) is 25.2 Å². The summed E-state index contributed by atoms with van der Waals surface area (Å²) in [5.41, 5.74) is 3.58. The number of aryl methyl sites for hydroxylation is 1. The van der Waals surface area contributed by atoms with E-state index >= 15 is 0 Å². The number of rotatable bonds is 2. The van der Waals surface area contributed by atoms with Crippen LogP contribution in [0.1, 0.15) is 36.6 Å². The van der Waals surface area contributed by atoms with Gasteiger partial charge in [-0.2, -0.15) is 0 Å². The maximum Gasteiger partial charge on any atom is 0.134 e. The zero-order valence-corrected chi connectivity index (χ0v) is 15.0. The molecule has 0 saturated heterocycles. The predicted molar refractivity (Wildman–Crippen MR) is 101 cm³/mol. The first kappa shape index (κ1) is 16.1. The minimum atomic E-state index is 0.281. The van der Waals surface area contributed by atoms with Gasteiger partial charge in [0.05, 0.1) is 6.04 Å². The van der Waals surface area contributed by atoms with Crippen molar-refractivity contribution < 1.29 is 4.42 Å². The van der Waals surface area contributed by atoms with Gasteiger partial charge in [-0.25, -0.2) is 0 Å². The summed E-state index contributed by atoms with van der Waals surface area (Å²) in [5, 5.41) is 4.93. The molecule has 1 unspecified atom stereocenters. The molecule has 3 heteroatoms. The number of hydrogen-bond donors (Lipinski definition) is 1. The van der Waals surface area contributed by atoms with Gasteiger partial charge < -0.3 is 9.73 Å². The molecule has 0 radical (unpaired) electrons. The summed E-state index contributed by atoms with van der Waals surface area (Å²) < 4.78 is 6.14. The van der Waals surface area contributed by atoms with Crippen molar-refractivity contribution in [2.45, 2.75) is 31.7 Å². The molecule has 2 aromatic rings. The Labute approximate surface area is 146 Å². The first-order chi connectivity index (χ1) is 11.4. The number of nitrogens with one attached hydrogen (secondary N) is 1. The third kappa shape index (κ3) is 3.45. The quantitative estimate of drug-likeness (QED) is 0.673. The predicted octanol–water partition coefficient (Wildman–Crippen LogP) is 5.81. The minimum absolute atomic E-state index is 0.281. The molecule has 0 bridgehead atoms. The van der Waals surface area contributed by atoms with Crippen LogP contribution >= 0.6 is 15.9 Å². The number of furan rings is 1. The highest BCUT2D eigenvalue weighted by atomic mass is 79.9. The highest BCUT2D eigenvalue weighted by Crippen LogP contribution is 2.37. The van der Waals surface area contributed by atoms with Crippen molar-refractivity contribution in [1.29, 1.82) is 0 Å². The SMILES string of the molecule is C1=CCC=CC(NC2CCCc3c2oc2ccccc32)=C1.CBr. The summed E-state index contributed by atoms with van der Waals surface area (Å²) in [4.78, 5) is 0. The van der Waals surface area contributed by atoms with Crippen molar-refractivity contribution in [3.63, 3.8) is 0 Å². The average molecular weight is 372 g/mol. The van der Waals surface area contributed by atoms with E-state index in [1.165, 1.54) is 23.1 Å². The largest absolute Gasteiger partial charge is 0.459 e. The van der Waals surface area contributed by atoms with Gasteiger partial charge in [0.1, 0.15) is 11.3 Å². The molecule has 120 valence electrons. The molecule has 2 aliphatic rings. The van der Waals surface area contributed by atoms with Crippen molar-refractivity contribution in [2.75, 3.05) is 5.83 Å². The fraction of sp³-hybridized carbons (Fsp3) is 0.300. The molecule has 4 rings (SSSR count). The molecule has 1 heterocycles. The number of allylic oxidation sites excluding steroid dienone is 5. The van der Waals surface area contributed by atoms with E-state index in [-0.39, 0.29) is 6.04 Å². The van der Waals surface area contributed by atoms with Crippen molar-refractivity contribution >= 4 is 26.9 Å². The van der Waals surface area contributed by atoms with Crippen molar-refractivity contribution in [3.05, 3.63) is 71.7 Å². The number of fused-ring (bicyclic) bond motifs is 3. The smallest absolute Gasteiger partial charge is 0.134 e. The molecule has 2 nitrogen and oxygen atoms in total. The molecule has 0 amide bonds. The van der Waals surface area contributed by atoms with E-state index < -0.39 is 0 Å². The molecule has 1 N–H and O–H groups in total. The van der Waals surface area contributed by atoms with Crippen LogP contribution < -0.4 is 5.32 Å². The van der Waals surface area contributed by atoms with Crippen molar-refractivity contribution in [3.8, 4) is 0 Å². The number of para-hydroxylation sites is 1. The normalized spacial score (nSPS) is 19.4. The Morgan fingerprint density at radius 3 is 2.96 bits per heavy atom. The average Bonchev–Trinajstić information content (AvgIpc) is 2.79. The molecule has 1 aromatic heterocycles. The van der Waals surface area contributed by atoms with Gasteiger partial charge >= 0.3 is 0 Å². The van der Waals surface area contributed by atoms with E-state index in [1.54, 1.807) is 0 Å².